The van der Waals surface area contributed by atoms with E-state index in [0.717, 1.165) is 5.69 Å². The van der Waals surface area contributed by atoms with Gasteiger partial charge in [-0.1, -0.05) is 18.2 Å². The van der Waals surface area contributed by atoms with E-state index >= 15 is 0 Å². The largest absolute Gasteiger partial charge is 0.410 e. The molecule has 0 unspecified atom stereocenters. The third kappa shape index (κ3) is 4.07. The molecule has 66 valence electrons. The Morgan fingerprint density at radius 1 is 1.25 bits per heavy atom. The van der Waals surface area contributed by atoms with Gasteiger partial charge in [-0.25, -0.2) is 0 Å². The zero-order valence-electron chi connectivity index (χ0n) is 6.70. The molecule has 1 aromatic rings. The number of hydrogen-bond donors (Lipinski definition) is 3. The highest BCUT2D eigenvalue weighted by atomic mass is 32.1. The van der Waals surface area contributed by atoms with Crippen LogP contribution in [0.15, 0.2) is 30.3 Å². The van der Waals surface area contributed by atoms with Gasteiger partial charge < -0.3 is 41.8 Å². The van der Waals surface area contributed by atoms with Gasteiger partial charge in [0, 0.05) is 0 Å². The van der Waals surface area contributed by atoms with Gasteiger partial charge in [-0.2, -0.15) is 0 Å². The van der Waals surface area contributed by atoms with Gasteiger partial charge in [0.1, 0.15) is 0 Å². The minimum absolute atomic E-state index is 0. The van der Waals surface area contributed by atoms with Crippen LogP contribution in [0.3, 0.4) is 0 Å². The number of para-hydroxylation sites is 1. The van der Waals surface area contributed by atoms with Crippen LogP contribution in [0.5, 0.6) is 0 Å². The number of thiocarbonyl (C=S) groups is 1. The van der Waals surface area contributed by atoms with Crippen molar-refractivity contribution in [1.82, 2.24) is 11.6 Å². The predicted molar refractivity (Wildman–Crippen MR) is 59.1 cm³/mol. The molecule has 0 amide bonds. The van der Waals surface area contributed by atoms with Gasteiger partial charge in [0.05, 0.1) is 5.69 Å². The lowest BCUT2D eigenvalue weighted by Crippen LogP contribution is -2.25. The highest BCUT2D eigenvalue weighted by Gasteiger charge is 1.83. The third-order valence-electron chi connectivity index (χ3n) is 1.08. The van der Waals surface area contributed by atoms with E-state index < -0.39 is 0 Å². The highest BCUT2D eigenvalue weighted by molar-refractivity contribution is 8.00. The summed E-state index contributed by atoms with van der Waals surface area (Å²) in [5.74, 6) is 0. The van der Waals surface area contributed by atoms with Gasteiger partial charge in [0.25, 0.3) is 0 Å². The standard InChI is InChI=1S/C7H8N2S2.H3N/c10-7(11)9-8-6-4-2-1-3-5-6;/h1-5,8H,(H2,9,10,11);1H3. The molecule has 5 heteroatoms. The lowest BCUT2D eigenvalue weighted by atomic mass is 10.3. The van der Waals surface area contributed by atoms with Crippen LogP contribution >= 0.6 is 12.2 Å². The van der Waals surface area contributed by atoms with Crippen molar-refractivity contribution in [1.29, 1.82) is 0 Å². The topological polar surface area (TPSA) is 60.6 Å². The second-order valence-corrected chi connectivity index (χ2v) is 2.98. The number of quaternary nitrogens is 1. The molecule has 0 radical (unpaired) electrons. The Morgan fingerprint density at radius 3 is 2.33 bits per heavy atom. The van der Waals surface area contributed by atoms with Crippen LogP contribution in [-0.4, -0.2) is 4.32 Å². The number of benzene rings is 1. The van der Waals surface area contributed by atoms with E-state index in [0.29, 0.717) is 4.32 Å². The predicted octanol–water partition coefficient (Wildman–Crippen LogP) is 1.81. The average Bonchev–Trinajstić information content (AvgIpc) is 2.03. The summed E-state index contributed by atoms with van der Waals surface area (Å²) in [6.07, 6.45) is 0. The molecule has 1 aromatic carbocycles. The molecule has 0 aliphatic rings. The average molecular weight is 201 g/mol. The fourth-order valence-electron chi connectivity index (χ4n) is 0.645. The number of hydrogen-bond acceptors (Lipinski definition) is 3. The molecule has 0 bridgehead atoms. The van der Waals surface area contributed by atoms with Gasteiger partial charge in [0.2, 0.25) is 0 Å². The summed E-state index contributed by atoms with van der Waals surface area (Å²) < 4.78 is 0.314. The van der Waals surface area contributed by atoms with Crippen molar-refractivity contribution in [3.63, 3.8) is 0 Å². The van der Waals surface area contributed by atoms with Crippen molar-refractivity contribution in [2.24, 2.45) is 0 Å². The van der Waals surface area contributed by atoms with Crippen molar-refractivity contribution in [2.45, 2.75) is 0 Å². The normalized spacial score (nSPS) is 8.00. The lowest BCUT2D eigenvalue weighted by molar-refractivity contribution is 1.17. The summed E-state index contributed by atoms with van der Waals surface area (Å²) in [5.41, 5.74) is 6.45. The second kappa shape index (κ2) is 5.70. The van der Waals surface area contributed by atoms with E-state index in [1.807, 2.05) is 30.3 Å². The number of nitrogens with one attached hydrogen (secondary N) is 2. The molecule has 0 saturated carbocycles. The quantitative estimate of drug-likeness (QED) is 0.388. The van der Waals surface area contributed by atoms with Crippen LogP contribution in [0.2, 0.25) is 0 Å². The van der Waals surface area contributed by atoms with Crippen molar-refractivity contribution < 1.29 is 0 Å². The van der Waals surface area contributed by atoms with Crippen molar-refractivity contribution in [3.05, 3.63) is 30.3 Å². The van der Waals surface area contributed by atoms with Crippen LogP contribution in [-0.2, 0) is 12.6 Å². The highest BCUT2D eigenvalue weighted by Crippen LogP contribution is 2.01. The first kappa shape index (κ1) is 11.1. The van der Waals surface area contributed by atoms with Crippen molar-refractivity contribution in [2.75, 3.05) is 5.43 Å². The van der Waals surface area contributed by atoms with E-state index in [1.54, 1.807) is 0 Å². The number of rotatable bonds is 2. The molecule has 0 heterocycles. The van der Waals surface area contributed by atoms with E-state index in [1.165, 1.54) is 0 Å². The maximum absolute atomic E-state index is 4.64. The Labute approximate surface area is 82.5 Å². The molecule has 1 rings (SSSR count). The summed E-state index contributed by atoms with van der Waals surface area (Å²) in [5, 5.41) is 0. The zero-order valence-corrected chi connectivity index (χ0v) is 8.34. The molecule has 0 fully saturated rings. The van der Waals surface area contributed by atoms with E-state index in [4.69, 9.17) is 0 Å². The number of hydrazine groups is 1. The fourth-order valence-corrected chi connectivity index (χ4v) is 0.747. The van der Waals surface area contributed by atoms with Gasteiger partial charge >= 0.3 is 0 Å². The van der Waals surface area contributed by atoms with Crippen LogP contribution in [0.4, 0.5) is 5.69 Å². The summed E-state index contributed by atoms with van der Waals surface area (Å²) in [6, 6.07) is 9.63. The minimum atomic E-state index is 0. The Hall–Kier alpha value is -0.910. The minimum Gasteiger partial charge on any atom is -0.410 e. The summed E-state index contributed by atoms with van der Waals surface area (Å²) >= 11 is 9.27. The smallest absolute Gasteiger partial charge is 0.0539 e. The molecule has 0 atom stereocenters. The van der Waals surface area contributed by atoms with Crippen molar-refractivity contribution in [3.8, 4) is 0 Å². The molecule has 3 nitrogen and oxygen atoms in total. The van der Waals surface area contributed by atoms with Crippen LogP contribution in [0.25, 0.3) is 0 Å². The van der Waals surface area contributed by atoms with Gasteiger partial charge in [-0.05, 0) is 16.5 Å². The lowest BCUT2D eigenvalue weighted by Gasteiger charge is -2.11. The molecule has 0 aliphatic heterocycles. The Kier molecular flexibility index (Phi) is 5.27. The first-order valence-electron chi connectivity index (χ1n) is 3.07. The van der Waals surface area contributed by atoms with E-state index in [-0.39, 0.29) is 6.15 Å². The molecule has 12 heavy (non-hydrogen) atoms. The fraction of sp³-hybridized carbons (Fsp3) is 0. The third-order valence-corrected chi connectivity index (χ3v) is 1.29. The van der Waals surface area contributed by atoms with Crippen LogP contribution < -0.4 is 17.0 Å². The van der Waals surface area contributed by atoms with E-state index in [2.05, 4.69) is 35.7 Å². The molecule has 0 spiro atoms. The SMILES string of the molecule is S=C([S-])NNc1ccccc1.[NH4+]. The first-order valence-corrected chi connectivity index (χ1v) is 3.89. The van der Waals surface area contributed by atoms with Gasteiger partial charge in [0.15, 0.2) is 0 Å². The Bertz CT molecular complexity index is 238. The van der Waals surface area contributed by atoms with Crippen molar-refractivity contribution >= 4 is 34.9 Å². The first-order chi connectivity index (χ1) is 5.29. The summed E-state index contributed by atoms with van der Waals surface area (Å²) in [6.45, 7) is 0. The van der Waals surface area contributed by atoms with Gasteiger partial charge in [-0.3, -0.25) is 0 Å². The second-order valence-electron chi connectivity index (χ2n) is 1.90. The molecule has 0 aliphatic carbocycles. The molecular formula is C7H11N3S2. The molecular weight excluding hydrogens is 190 g/mol. The Balaban J connectivity index is 0.00000121. The summed E-state index contributed by atoms with van der Waals surface area (Å²) in [7, 11) is 0. The zero-order chi connectivity index (χ0) is 8.10. The molecule has 6 N–H and O–H groups in total. The van der Waals surface area contributed by atoms with Gasteiger partial charge in [-0.15, -0.1) is 0 Å². The maximum Gasteiger partial charge on any atom is 0.0539 e. The maximum atomic E-state index is 4.64. The summed E-state index contributed by atoms with van der Waals surface area (Å²) in [4.78, 5) is 0. The van der Waals surface area contributed by atoms with E-state index in [9.17, 15) is 0 Å². The Morgan fingerprint density at radius 2 is 1.83 bits per heavy atom. The van der Waals surface area contributed by atoms with Crippen LogP contribution in [0, 0.1) is 0 Å². The molecule has 0 saturated heterocycles. The molecule has 0 aromatic heterocycles. The van der Waals surface area contributed by atoms with Crippen LogP contribution in [0.1, 0.15) is 0 Å². The monoisotopic (exact) mass is 201 g/mol. The number of anilines is 1.